The van der Waals surface area contributed by atoms with Crippen LogP contribution in [0.5, 0.6) is 5.75 Å². The summed E-state index contributed by atoms with van der Waals surface area (Å²) in [6.07, 6.45) is -3.73. The maximum Gasteiger partial charge on any atom is 0.433 e. The molecule has 1 aromatic heterocycles. The fraction of sp³-hybridized carbons (Fsp3) is 0.0556. The van der Waals surface area contributed by atoms with E-state index in [1.54, 1.807) is 24.3 Å². The highest BCUT2D eigenvalue weighted by Crippen LogP contribution is 2.28. The molecule has 1 amide bonds. The third-order valence-corrected chi connectivity index (χ3v) is 3.65. The molecule has 3 rings (SSSR count). The van der Waals surface area contributed by atoms with E-state index in [0.29, 0.717) is 16.8 Å². The topological polar surface area (TPSA) is 75.1 Å². The number of phenols is 1. The van der Waals surface area contributed by atoms with Crippen LogP contribution in [0.25, 0.3) is 0 Å². The van der Waals surface area contributed by atoms with Crippen LogP contribution in [0.4, 0.5) is 19.1 Å². The molecule has 5 nitrogen and oxygen atoms in total. The Morgan fingerprint density at radius 2 is 1.71 bits per heavy atom. The Morgan fingerprint density at radius 3 is 2.25 bits per heavy atom. The molecule has 28 heavy (non-hydrogen) atoms. The summed E-state index contributed by atoms with van der Waals surface area (Å²) in [5.41, 5.74) is -1.11. The number of aromatic hydroxyl groups is 1. The maximum absolute atomic E-state index is 12.5. The smallest absolute Gasteiger partial charge is 0.433 e. The second-order valence-electron chi connectivity index (χ2n) is 5.18. The zero-order chi connectivity index (χ0) is 20.7. The van der Waals surface area contributed by atoms with Crippen LogP contribution < -0.4 is 5.32 Å². The van der Waals surface area contributed by atoms with Crippen molar-refractivity contribution in [2.24, 2.45) is 0 Å². The Morgan fingerprint density at radius 1 is 1.04 bits per heavy atom. The molecular weight excluding hydrogens is 418 g/mol. The number of nitrogens with one attached hydrogen (secondary N) is 1. The van der Waals surface area contributed by atoms with Crippen molar-refractivity contribution in [2.45, 2.75) is 6.18 Å². The van der Waals surface area contributed by atoms with E-state index in [0.717, 1.165) is 6.20 Å². The lowest BCUT2D eigenvalue weighted by atomic mass is 10.2. The molecular formula is C18H12Cl2F3N3O2. The number of carbonyl (C=O) groups excluding carboxylic acids is 1. The second kappa shape index (κ2) is 9.38. The van der Waals surface area contributed by atoms with Crippen LogP contribution in [0.3, 0.4) is 0 Å². The third-order valence-electron chi connectivity index (χ3n) is 3.10. The lowest BCUT2D eigenvalue weighted by Crippen LogP contribution is -2.17. The first-order valence-corrected chi connectivity index (χ1v) is 8.33. The van der Waals surface area contributed by atoms with Gasteiger partial charge in [-0.2, -0.15) is 13.2 Å². The van der Waals surface area contributed by atoms with Gasteiger partial charge in [-0.1, -0.05) is 41.4 Å². The Hall–Kier alpha value is -2.84. The number of para-hydroxylation sites is 1. The summed E-state index contributed by atoms with van der Waals surface area (Å²) in [6, 6.07) is 13.5. The number of phenolic OH excluding ortho intramolecular Hbond substituents is 1. The van der Waals surface area contributed by atoms with Gasteiger partial charge >= 0.3 is 6.18 Å². The number of aromatic nitrogens is 2. The van der Waals surface area contributed by atoms with Crippen LogP contribution in [-0.2, 0) is 6.18 Å². The molecule has 0 aliphatic rings. The SMILES string of the molecule is O=C(Nc1nccc(C(F)(F)F)n1)c1ccc(Cl)cc1Cl.Oc1ccccc1. The molecule has 0 fully saturated rings. The van der Waals surface area contributed by atoms with Crippen molar-refractivity contribution >= 4 is 35.1 Å². The standard InChI is InChI=1S/C12H6Cl2F3N3O.C6H6O/c13-6-1-2-7(8(14)5-6)10(21)20-11-18-4-3-9(19-11)12(15,16)17;7-6-4-2-1-3-5-6/h1-5H,(H,18,19,20,21);1-5,7H. The molecule has 0 saturated heterocycles. The van der Waals surface area contributed by atoms with E-state index in [2.05, 4.69) is 15.3 Å². The number of hydrogen-bond acceptors (Lipinski definition) is 4. The van der Waals surface area contributed by atoms with Gasteiger partial charge in [0.1, 0.15) is 11.4 Å². The van der Waals surface area contributed by atoms with Crippen LogP contribution in [0.1, 0.15) is 16.1 Å². The molecule has 0 saturated carbocycles. The molecule has 0 aliphatic heterocycles. The maximum atomic E-state index is 12.5. The van der Waals surface area contributed by atoms with Gasteiger partial charge in [0.2, 0.25) is 5.95 Å². The third kappa shape index (κ3) is 6.40. The van der Waals surface area contributed by atoms with Gasteiger partial charge in [0.05, 0.1) is 10.6 Å². The van der Waals surface area contributed by atoms with E-state index in [-0.39, 0.29) is 10.6 Å². The van der Waals surface area contributed by atoms with Gasteiger partial charge < -0.3 is 5.11 Å². The summed E-state index contributed by atoms with van der Waals surface area (Å²) in [5.74, 6) is -0.890. The summed E-state index contributed by atoms with van der Waals surface area (Å²) in [5, 5.41) is 11.2. The van der Waals surface area contributed by atoms with Gasteiger partial charge in [-0.3, -0.25) is 10.1 Å². The number of anilines is 1. The second-order valence-corrected chi connectivity index (χ2v) is 6.02. The van der Waals surface area contributed by atoms with Crippen molar-refractivity contribution in [2.75, 3.05) is 5.32 Å². The predicted molar refractivity (Wildman–Crippen MR) is 99.6 cm³/mol. The van der Waals surface area contributed by atoms with Crippen molar-refractivity contribution < 1.29 is 23.1 Å². The van der Waals surface area contributed by atoms with Crippen molar-refractivity contribution in [1.29, 1.82) is 0 Å². The molecule has 0 radical (unpaired) electrons. The molecule has 0 unspecified atom stereocenters. The molecule has 10 heteroatoms. The number of hydrogen-bond donors (Lipinski definition) is 2. The number of carbonyl (C=O) groups is 1. The largest absolute Gasteiger partial charge is 0.508 e. The molecule has 3 aromatic rings. The van der Waals surface area contributed by atoms with E-state index in [1.165, 1.54) is 18.2 Å². The van der Waals surface area contributed by atoms with Crippen LogP contribution in [0.2, 0.25) is 10.0 Å². The van der Waals surface area contributed by atoms with E-state index in [1.807, 2.05) is 6.07 Å². The highest BCUT2D eigenvalue weighted by atomic mass is 35.5. The number of halogens is 5. The predicted octanol–water partition coefficient (Wildman–Crippen LogP) is 5.45. The number of amides is 1. The average Bonchev–Trinajstić information content (AvgIpc) is 2.62. The number of nitrogens with zero attached hydrogens (tertiary/aromatic N) is 2. The summed E-state index contributed by atoms with van der Waals surface area (Å²) in [4.78, 5) is 18.7. The van der Waals surface area contributed by atoms with E-state index < -0.39 is 23.7 Å². The van der Waals surface area contributed by atoms with Crippen LogP contribution in [0.15, 0.2) is 60.8 Å². The van der Waals surface area contributed by atoms with E-state index in [9.17, 15) is 18.0 Å². The van der Waals surface area contributed by atoms with Gasteiger partial charge in [-0.05, 0) is 36.4 Å². The van der Waals surface area contributed by atoms with Crippen molar-refractivity contribution in [1.82, 2.24) is 9.97 Å². The number of alkyl halides is 3. The monoisotopic (exact) mass is 429 g/mol. The van der Waals surface area contributed by atoms with Crippen molar-refractivity contribution in [3.8, 4) is 5.75 Å². The first kappa shape index (κ1) is 21.5. The van der Waals surface area contributed by atoms with Crippen molar-refractivity contribution in [3.63, 3.8) is 0 Å². The molecule has 146 valence electrons. The Balaban J connectivity index is 0.000000336. The minimum atomic E-state index is -4.62. The lowest BCUT2D eigenvalue weighted by molar-refractivity contribution is -0.141. The quantitative estimate of drug-likeness (QED) is 0.567. The summed E-state index contributed by atoms with van der Waals surface area (Å²) in [7, 11) is 0. The Kier molecular flexibility index (Phi) is 7.19. The van der Waals surface area contributed by atoms with Gasteiger partial charge in [-0.15, -0.1) is 0 Å². The van der Waals surface area contributed by atoms with Crippen LogP contribution in [-0.4, -0.2) is 21.0 Å². The number of benzene rings is 2. The fourth-order valence-corrected chi connectivity index (χ4v) is 2.34. The first-order valence-electron chi connectivity index (χ1n) is 7.57. The number of rotatable bonds is 2. The minimum Gasteiger partial charge on any atom is -0.508 e. The Bertz CT molecular complexity index is 954. The van der Waals surface area contributed by atoms with Crippen molar-refractivity contribution in [3.05, 3.63) is 82.1 Å². The minimum absolute atomic E-state index is 0.0436. The van der Waals surface area contributed by atoms with Gasteiger partial charge in [0.25, 0.3) is 5.91 Å². The molecule has 1 heterocycles. The summed E-state index contributed by atoms with van der Waals surface area (Å²) < 4.78 is 37.5. The highest BCUT2D eigenvalue weighted by molar-refractivity contribution is 6.37. The highest BCUT2D eigenvalue weighted by Gasteiger charge is 2.33. The molecule has 0 aliphatic carbocycles. The van der Waals surface area contributed by atoms with Gasteiger partial charge in [-0.25, -0.2) is 9.97 Å². The zero-order valence-corrected chi connectivity index (χ0v) is 15.4. The zero-order valence-electron chi connectivity index (χ0n) is 13.9. The van der Waals surface area contributed by atoms with Gasteiger partial charge in [0.15, 0.2) is 0 Å². The lowest BCUT2D eigenvalue weighted by Gasteiger charge is -2.08. The molecule has 0 atom stereocenters. The van der Waals surface area contributed by atoms with E-state index in [4.69, 9.17) is 28.3 Å². The summed E-state index contributed by atoms with van der Waals surface area (Å²) in [6.45, 7) is 0. The summed E-state index contributed by atoms with van der Waals surface area (Å²) >= 11 is 11.5. The van der Waals surface area contributed by atoms with Crippen LogP contribution in [0, 0.1) is 0 Å². The molecule has 0 bridgehead atoms. The average molecular weight is 430 g/mol. The fourth-order valence-electron chi connectivity index (χ4n) is 1.85. The van der Waals surface area contributed by atoms with Crippen LogP contribution >= 0.6 is 23.2 Å². The molecule has 2 aromatic carbocycles. The Labute approximate surface area is 167 Å². The van der Waals surface area contributed by atoms with Gasteiger partial charge in [0, 0.05) is 11.2 Å². The van der Waals surface area contributed by atoms with E-state index >= 15 is 0 Å². The normalized spacial score (nSPS) is 10.6. The first-order chi connectivity index (χ1) is 13.2. The molecule has 2 N–H and O–H groups in total. The molecule has 0 spiro atoms.